The monoisotopic (exact) mass is 544 g/mol. The van der Waals surface area contributed by atoms with Crippen molar-refractivity contribution in [3.63, 3.8) is 0 Å². The predicted molar refractivity (Wildman–Crippen MR) is 151 cm³/mol. The molecule has 2 N–H and O–H groups in total. The number of carbonyl (C=O) groups excluding carboxylic acids is 2. The largest absolute Gasteiger partial charge is 0.454 e. The molecule has 1 aliphatic heterocycles. The van der Waals surface area contributed by atoms with Crippen LogP contribution in [-0.2, 0) is 24.4 Å². The van der Waals surface area contributed by atoms with Crippen molar-refractivity contribution in [1.82, 2.24) is 19.8 Å². The lowest BCUT2D eigenvalue weighted by atomic mass is 9.97. The van der Waals surface area contributed by atoms with Crippen molar-refractivity contribution in [2.75, 3.05) is 13.3 Å². The first kappa shape index (κ1) is 27.0. The van der Waals surface area contributed by atoms with Gasteiger partial charge in [0.15, 0.2) is 11.5 Å². The summed E-state index contributed by atoms with van der Waals surface area (Å²) in [5, 5.41) is 5.96. The van der Waals surface area contributed by atoms with E-state index in [1.54, 1.807) is 12.1 Å². The second-order valence-electron chi connectivity index (χ2n) is 9.88. The molecular weight excluding hydrogens is 512 g/mol. The van der Waals surface area contributed by atoms with Crippen molar-refractivity contribution < 1.29 is 19.1 Å². The highest BCUT2D eigenvalue weighted by atomic mass is 16.7. The molecule has 1 aromatic heterocycles. The third-order valence-corrected chi connectivity index (χ3v) is 7.14. The standard InChI is InChI=1S/C30H32N4O6/c1-2-14-33-29(37)23-10-9-22(28(36)32-17-21-8-11-25-26(15-21)40-19-39-25)16-24(23)34(30(33)38)18-27(35)31-13-12-20-6-4-3-5-7-20/h2,6,8-11,15-16H,1,3-5,7,12-14,17-19H2,(H,31,35)(H,32,36). The van der Waals surface area contributed by atoms with Gasteiger partial charge < -0.3 is 20.1 Å². The summed E-state index contributed by atoms with van der Waals surface area (Å²) in [5.74, 6) is 0.533. The number of ether oxygens (including phenoxy) is 2. The molecule has 0 radical (unpaired) electrons. The number of nitrogens with one attached hydrogen (secondary N) is 2. The van der Waals surface area contributed by atoms with Crippen molar-refractivity contribution in [3.05, 3.63) is 92.7 Å². The summed E-state index contributed by atoms with van der Waals surface area (Å²) in [5.41, 5.74) is 1.49. The predicted octanol–water partition coefficient (Wildman–Crippen LogP) is 3.01. The highest BCUT2D eigenvalue weighted by Gasteiger charge is 2.18. The molecule has 10 nitrogen and oxygen atoms in total. The van der Waals surface area contributed by atoms with E-state index < -0.39 is 11.2 Å². The van der Waals surface area contributed by atoms with E-state index in [1.165, 1.54) is 47.3 Å². The number of fused-ring (bicyclic) bond motifs is 2. The molecule has 0 atom stereocenters. The molecular formula is C30H32N4O6. The van der Waals surface area contributed by atoms with Gasteiger partial charge in [0.05, 0.1) is 10.9 Å². The lowest BCUT2D eigenvalue weighted by Crippen LogP contribution is -2.42. The zero-order valence-corrected chi connectivity index (χ0v) is 22.2. The third-order valence-electron chi connectivity index (χ3n) is 7.14. The summed E-state index contributed by atoms with van der Waals surface area (Å²) in [4.78, 5) is 52.3. The molecule has 2 amide bonds. The average Bonchev–Trinajstić information content (AvgIpc) is 3.44. The van der Waals surface area contributed by atoms with Crippen LogP contribution in [0.4, 0.5) is 0 Å². The van der Waals surface area contributed by atoms with Crippen LogP contribution in [-0.4, -0.2) is 34.3 Å². The van der Waals surface area contributed by atoms with Gasteiger partial charge in [0.2, 0.25) is 12.7 Å². The lowest BCUT2D eigenvalue weighted by Gasteiger charge is -2.15. The Morgan fingerprint density at radius 2 is 1.85 bits per heavy atom. The molecule has 0 fully saturated rings. The number of aromatic nitrogens is 2. The molecule has 5 rings (SSSR count). The first-order chi connectivity index (χ1) is 19.4. The van der Waals surface area contributed by atoms with E-state index in [2.05, 4.69) is 23.3 Å². The van der Waals surface area contributed by atoms with E-state index >= 15 is 0 Å². The molecule has 0 saturated carbocycles. The minimum Gasteiger partial charge on any atom is -0.454 e. The van der Waals surface area contributed by atoms with Gasteiger partial charge in [-0.1, -0.05) is 23.8 Å². The lowest BCUT2D eigenvalue weighted by molar-refractivity contribution is -0.121. The smallest absolute Gasteiger partial charge is 0.332 e. The van der Waals surface area contributed by atoms with Crippen LogP contribution in [0.2, 0.25) is 0 Å². The number of nitrogens with zero attached hydrogens (tertiary/aromatic N) is 2. The van der Waals surface area contributed by atoms with Crippen LogP contribution in [0, 0.1) is 0 Å². The molecule has 40 heavy (non-hydrogen) atoms. The minimum atomic E-state index is -0.638. The summed E-state index contributed by atoms with van der Waals surface area (Å²) in [6.07, 6.45) is 8.94. The van der Waals surface area contributed by atoms with Gasteiger partial charge in [-0.05, 0) is 68.0 Å². The van der Waals surface area contributed by atoms with Gasteiger partial charge in [-0.15, -0.1) is 6.58 Å². The fourth-order valence-electron chi connectivity index (χ4n) is 5.03. The Kier molecular flexibility index (Phi) is 8.14. The Morgan fingerprint density at radius 1 is 1.00 bits per heavy atom. The van der Waals surface area contributed by atoms with Crippen molar-refractivity contribution in [3.8, 4) is 11.5 Å². The summed E-state index contributed by atoms with van der Waals surface area (Å²) >= 11 is 0. The summed E-state index contributed by atoms with van der Waals surface area (Å²) < 4.78 is 13.0. The molecule has 0 spiro atoms. The zero-order valence-electron chi connectivity index (χ0n) is 22.2. The van der Waals surface area contributed by atoms with Crippen molar-refractivity contribution in [1.29, 1.82) is 0 Å². The second-order valence-corrected chi connectivity index (χ2v) is 9.88. The Balaban J connectivity index is 1.37. The molecule has 2 aromatic carbocycles. The van der Waals surface area contributed by atoms with E-state index in [1.807, 2.05) is 6.07 Å². The molecule has 2 aliphatic rings. The van der Waals surface area contributed by atoms with Crippen LogP contribution < -0.4 is 31.4 Å². The number of allylic oxidation sites excluding steroid dienone is 2. The molecule has 0 unspecified atom stereocenters. The van der Waals surface area contributed by atoms with Crippen molar-refractivity contribution in [2.45, 2.75) is 51.7 Å². The minimum absolute atomic E-state index is 0.00114. The third kappa shape index (κ3) is 5.85. The van der Waals surface area contributed by atoms with Gasteiger partial charge in [0, 0.05) is 25.2 Å². The first-order valence-electron chi connectivity index (χ1n) is 13.4. The molecule has 0 bridgehead atoms. The normalized spacial score (nSPS) is 14.1. The zero-order chi connectivity index (χ0) is 28.1. The van der Waals surface area contributed by atoms with E-state index in [0.717, 1.165) is 29.4 Å². The Bertz CT molecular complexity index is 1620. The average molecular weight is 545 g/mol. The second kappa shape index (κ2) is 12.1. The molecule has 10 heteroatoms. The molecule has 208 valence electrons. The maximum Gasteiger partial charge on any atom is 0.332 e. The number of rotatable bonds is 10. The topological polar surface area (TPSA) is 121 Å². The van der Waals surface area contributed by atoms with E-state index in [0.29, 0.717) is 18.0 Å². The van der Waals surface area contributed by atoms with Crippen molar-refractivity contribution >= 4 is 22.7 Å². The first-order valence-corrected chi connectivity index (χ1v) is 13.4. The number of benzene rings is 2. The highest BCUT2D eigenvalue weighted by molar-refractivity contribution is 5.98. The fourth-order valence-corrected chi connectivity index (χ4v) is 5.03. The molecule has 3 aromatic rings. The Labute approximate surface area is 230 Å². The Morgan fingerprint density at radius 3 is 2.65 bits per heavy atom. The van der Waals surface area contributed by atoms with Gasteiger partial charge in [0.25, 0.3) is 11.5 Å². The van der Waals surface area contributed by atoms with Crippen LogP contribution in [0.5, 0.6) is 11.5 Å². The summed E-state index contributed by atoms with van der Waals surface area (Å²) in [6, 6.07) is 9.93. The Hall–Kier alpha value is -4.60. The van der Waals surface area contributed by atoms with E-state index in [-0.39, 0.29) is 54.7 Å². The van der Waals surface area contributed by atoms with Gasteiger partial charge >= 0.3 is 5.69 Å². The van der Waals surface area contributed by atoms with Gasteiger partial charge in [-0.2, -0.15) is 0 Å². The van der Waals surface area contributed by atoms with Gasteiger partial charge in [0.1, 0.15) is 6.54 Å². The maximum atomic E-state index is 13.3. The van der Waals surface area contributed by atoms with Crippen LogP contribution in [0.25, 0.3) is 10.9 Å². The fraction of sp³-hybridized carbons (Fsp3) is 0.333. The van der Waals surface area contributed by atoms with Crippen LogP contribution in [0.3, 0.4) is 0 Å². The quantitative estimate of drug-likeness (QED) is 0.379. The van der Waals surface area contributed by atoms with Gasteiger partial charge in [-0.3, -0.25) is 23.5 Å². The molecule has 1 aliphatic carbocycles. The van der Waals surface area contributed by atoms with Crippen LogP contribution in [0.1, 0.15) is 48.0 Å². The number of carbonyl (C=O) groups is 2. The van der Waals surface area contributed by atoms with Crippen LogP contribution >= 0.6 is 0 Å². The highest BCUT2D eigenvalue weighted by Crippen LogP contribution is 2.32. The van der Waals surface area contributed by atoms with Gasteiger partial charge in [-0.25, -0.2) is 4.79 Å². The number of hydrogen-bond donors (Lipinski definition) is 2. The number of amides is 2. The SMILES string of the molecule is C=CCn1c(=O)c2ccc(C(=O)NCc3ccc4c(c3)OCO4)cc2n(CC(=O)NCCC2=CCCCC2)c1=O. The summed E-state index contributed by atoms with van der Waals surface area (Å²) in [6.45, 7) is 4.22. The molecule has 0 saturated heterocycles. The van der Waals surface area contributed by atoms with Crippen molar-refractivity contribution in [2.24, 2.45) is 0 Å². The van der Waals surface area contributed by atoms with E-state index in [9.17, 15) is 19.2 Å². The van der Waals surface area contributed by atoms with E-state index in [4.69, 9.17) is 9.47 Å². The number of hydrogen-bond acceptors (Lipinski definition) is 6. The summed E-state index contributed by atoms with van der Waals surface area (Å²) in [7, 11) is 0. The molecule has 2 heterocycles. The van der Waals surface area contributed by atoms with Crippen LogP contribution in [0.15, 0.2) is 70.3 Å². The maximum absolute atomic E-state index is 13.3.